The molecular weight excluding hydrogens is 299 g/mol. The van der Waals surface area contributed by atoms with Gasteiger partial charge in [0, 0.05) is 23.0 Å². The first-order valence-corrected chi connectivity index (χ1v) is 7.77. The first-order chi connectivity index (χ1) is 11.8. The molecule has 0 fully saturated rings. The van der Waals surface area contributed by atoms with Gasteiger partial charge in [0.15, 0.2) is 0 Å². The summed E-state index contributed by atoms with van der Waals surface area (Å²) in [5.74, 6) is 0.616. The van der Waals surface area contributed by atoms with Gasteiger partial charge in [-0.1, -0.05) is 48.5 Å². The molecule has 0 spiro atoms. The zero-order valence-corrected chi connectivity index (χ0v) is 12.9. The van der Waals surface area contributed by atoms with Crippen molar-refractivity contribution in [3.05, 3.63) is 96.9 Å². The van der Waals surface area contributed by atoms with Crippen LogP contribution < -0.4 is 0 Å². The van der Waals surface area contributed by atoms with Gasteiger partial charge in [0.2, 0.25) is 0 Å². The van der Waals surface area contributed by atoms with Crippen molar-refractivity contribution in [1.82, 2.24) is 9.55 Å². The summed E-state index contributed by atoms with van der Waals surface area (Å²) >= 11 is 0. The first kappa shape index (κ1) is 14.4. The van der Waals surface area contributed by atoms with E-state index in [1.807, 2.05) is 66.9 Å². The Balaban J connectivity index is 1.89. The van der Waals surface area contributed by atoms with Crippen LogP contribution in [-0.4, -0.2) is 9.55 Å². The van der Waals surface area contributed by atoms with E-state index < -0.39 is 0 Å². The largest absolute Gasteiger partial charge is 0.299 e. The molecule has 1 heterocycles. The van der Waals surface area contributed by atoms with Crippen LogP contribution in [0.4, 0.5) is 4.39 Å². The summed E-state index contributed by atoms with van der Waals surface area (Å²) in [7, 11) is 0. The molecule has 4 rings (SSSR count). The molecule has 0 aliphatic rings. The highest BCUT2D eigenvalue weighted by Gasteiger charge is 2.12. The number of para-hydroxylation sites is 1. The van der Waals surface area contributed by atoms with E-state index in [0.717, 1.165) is 28.3 Å². The molecule has 116 valence electrons. The van der Waals surface area contributed by atoms with Crippen molar-refractivity contribution in [3.63, 3.8) is 0 Å². The normalized spacial score (nSPS) is 10.7. The molecule has 1 aromatic heterocycles. The molecule has 0 bridgehead atoms. The Labute approximate surface area is 139 Å². The highest BCUT2D eigenvalue weighted by molar-refractivity contribution is 5.67. The second kappa shape index (κ2) is 6.13. The lowest BCUT2D eigenvalue weighted by Gasteiger charge is -2.07. The van der Waals surface area contributed by atoms with E-state index in [-0.39, 0.29) is 5.82 Å². The summed E-state index contributed by atoms with van der Waals surface area (Å²) < 4.78 is 15.3. The fourth-order valence-electron chi connectivity index (χ4n) is 2.72. The number of hydrogen-bond donors (Lipinski definition) is 0. The number of aromatic nitrogens is 2. The van der Waals surface area contributed by atoms with Gasteiger partial charge in [-0.25, -0.2) is 9.37 Å². The lowest BCUT2D eigenvalue weighted by atomic mass is 10.2. The Morgan fingerprint density at radius 3 is 1.96 bits per heavy atom. The van der Waals surface area contributed by atoms with Crippen molar-refractivity contribution < 1.29 is 4.39 Å². The van der Waals surface area contributed by atoms with Gasteiger partial charge in [-0.2, -0.15) is 0 Å². The molecule has 24 heavy (non-hydrogen) atoms. The standard InChI is InChI=1S/C21H15FN2/c22-18-13-11-16(12-14-18)20-15-24(19-9-5-2-6-10-19)21(23-20)17-7-3-1-4-8-17/h1-15H. The minimum absolute atomic E-state index is 0.246. The van der Waals surface area contributed by atoms with Crippen LogP contribution in [0.25, 0.3) is 28.3 Å². The van der Waals surface area contributed by atoms with Gasteiger partial charge in [0.05, 0.1) is 5.69 Å². The van der Waals surface area contributed by atoms with Crippen LogP contribution in [0.15, 0.2) is 91.1 Å². The van der Waals surface area contributed by atoms with E-state index in [9.17, 15) is 4.39 Å². The first-order valence-electron chi connectivity index (χ1n) is 7.77. The zero-order valence-electron chi connectivity index (χ0n) is 12.9. The second-order valence-electron chi connectivity index (χ2n) is 5.53. The maximum atomic E-state index is 13.2. The topological polar surface area (TPSA) is 17.8 Å². The van der Waals surface area contributed by atoms with Gasteiger partial charge >= 0.3 is 0 Å². The summed E-state index contributed by atoms with van der Waals surface area (Å²) in [6.45, 7) is 0. The number of benzene rings is 3. The van der Waals surface area contributed by atoms with E-state index >= 15 is 0 Å². The number of rotatable bonds is 3. The molecule has 4 aromatic rings. The second-order valence-corrected chi connectivity index (χ2v) is 5.53. The quantitative estimate of drug-likeness (QED) is 0.499. The minimum atomic E-state index is -0.246. The summed E-state index contributed by atoms with van der Waals surface area (Å²) in [4.78, 5) is 4.80. The number of hydrogen-bond acceptors (Lipinski definition) is 1. The molecule has 0 aliphatic carbocycles. The average Bonchev–Trinajstić information content (AvgIpc) is 3.09. The molecule has 0 radical (unpaired) electrons. The van der Waals surface area contributed by atoms with Gasteiger partial charge in [-0.3, -0.25) is 4.57 Å². The summed E-state index contributed by atoms with van der Waals surface area (Å²) in [6, 6.07) is 26.6. The lowest BCUT2D eigenvalue weighted by molar-refractivity contribution is 0.628. The summed E-state index contributed by atoms with van der Waals surface area (Å²) in [5.41, 5.74) is 3.79. The molecular formula is C21H15FN2. The van der Waals surface area contributed by atoms with Crippen LogP contribution >= 0.6 is 0 Å². The minimum Gasteiger partial charge on any atom is -0.299 e. The maximum absolute atomic E-state index is 13.2. The molecule has 0 saturated carbocycles. The molecule has 0 aliphatic heterocycles. The van der Waals surface area contributed by atoms with E-state index in [1.165, 1.54) is 12.1 Å². The monoisotopic (exact) mass is 314 g/mol. The van der Waals surface area contributed by atoms with Crippen LogP contribution in [0.1, 0.15) is 0 Å². The third kappa shape index (κ3) is 2.72. The third-order valence-electron chi connectivity index (χ3n) is 3.91. The van der Waals surface area contributed by atoms with Crippen molar-refractivity contribution in [2.75, 3.05) is 0 Å². The SMILES string of the molecule is Fc1ccc(-c2cn(-c3ccccc3)c(-c3ccccc3)n2)cc1. The highest BCUT2D eigenvalue weighted by atomic mass is 19.1. The summed E-state index contributed by atoms with van der Waals surface area (Å²) in [5, 5.41) is 0. The molecule has 0 atom stereocenters. The Kier molecular flexibility index (Phi) is 3.67. The lowest BCUT2D eigenvalue weighted by Crippen LogP contribution is -1.95. The fourth-order valence-corrected chi connectivity index (χ4v) is 2.72. The molecule has 0 amide bonds. The Morgan fingerprint density at radius 1 is 0.667 bits per heavy atom. The molecule has 2 nitrogen and oxygen atoms in total. The molecule has 3 aromatic carbocycles. The van der Waals surface area contributed by atoms with Crippen molar-refractivity contribution in [1.29, 1.82) is 0 Å². The van der Waals surface area contributed by atoms with Crippen LogP contribution in [0, 0.1) is 5.82 Å². The van der Waals surface area contributed by atoms with Crippen molar-refractivity contribution >= 4 is 0 Å². The molecule has 3 heteroatoms. The van der Waals surface area contributed by atoms with E-state index in [2.05, 4.69) is 4.57 Å². The Morgan fingerprint density at radius 2 is 1.29 bits per heavy atom. The Bertz CT molecular complexity index is 885. The highest BCUT2D eigenvalue weighted by Crippen LogP contribution is 2.27. The van der Waals surface area contributed by atoms with Crippen molar-refractivity contribution in [3.8, 4) is 28.3 Å². The zero-order chi connectivity index (χ0) is 16.4. The van der Waals surface area contributed by atoms with Gasteiger partial charge in [0.25, 0.3) is 0 Å². The van der Waals surface area contributed by atoms with Gasteiger partial charge in [-0.05, 0) is 36.4 Å². The van der Waals surface area contributed by atoms with E-state index in [1.54, 1.807) is 12.1 Å². The predicted octanol–water partition coefficient (Wildman–Crippen LogP) is 5.35. The van der Waals surface area contributed by atoms with Crippen LogP contribution in [0.2, 0.25) is 0 Å². The van der Waals surface area contributed by atoms with Crippen LogP contribution in [-0.2, 0) is 0 Å². The van der Waals surface area contributed by atoms with E-state index in [0.29, 0.717) is 0 Å². The third-order valence-corrected chi connectivity index (χ3v) is 3.91. The molecule has 0 N–H and O–H groups in total. The maximum Gasteiger partial charge on any atom is 0.145 e. The van der Waals surface area contributed by atoms with Crippen LogP contribution in [0.5, 0.6) is 0 Å². The van der Waals surface area contributed by atoms with E-state index in [4.69, 9.17) is 4.98 Å². The Hall–Kier alpha value is -3.20. The molecule has 0 unspecified atom stereocenters. The van der Waals surface area contributed by atoms with Crippen molar-refractivity contribution in [2.45, 2.75) is 0 Å². The number of nitrogens with zero attached hydrogens (tertiary/aromatic N) is 2. The van der Waals surface area contributed by atoms with Gasteiger partial charge < -0.3 is 0 Å². The average molecular weight is 314 g/mol. The smallest absolute Gasteiger partial charge is 0.145 e. The predicted molar refractivity (Wildman–Crippen MR) is 94.4 cm³/mol. The number of imidazole rings is 1. The summed E-state index contributed by atoms with van der Waals surface area (Å²) in [6.07, 6.45) is 1.99. The van der Waals surface area contributed by atoms with Gasteiger partial charge in [0.1, 0.15) is 11.6 Å². The molecule has 0 saturated heterocycles. The fraction of sp³-hybridized carbons (Fsp3) is 0. The van der Waals surface area contributed by atoms with Gasteiger partial charge in [-0.15, -0.1) is 0 Å². The van der Waals surface area contributed by atoms with Crippen LogP contribution in [0.3, 0.4) is 0 Å². The van der Waals surface area contributed by atoms with Crippen molar-refractivity contribution in [2.24, 2.45) is 0 Å². The number of halogens is 1.